The van der Waals surface area contributed by atoms with E-state index >= 15 is 0 Å². The van der Waals surface area contributed by atoms with Crippen molar-refractivity contribution in [3.05, 3.63) is 30.1 Å². The highest BCUT2D eigenvalue weighted by Gasteiger charge is 2.07. The summed E-state index contributed by atoms with van der Waals surface area (Å²) in [6, 6.07) is 4.69. The molecule has 1 aromatic carbocycles. The van der Waals surface area contributed by atoms with Gasteiger partial charge >= 0.3 is 6.09 Å². The monoisotopic (exact) mass is 190 g/mol. The Morgan fingerprint density at radius 1 is 1.50 bits per heavy atom. The summed E-state index contributed by atoms with van der Waals surface area (Å²) in [6.45, 7) is 0. The molecule has 70 valence electrons. The minimum Gasteiger partial charge on any atom is -0.464 e. The molecule has 0 aliphatic rings. The summed E-state index contributed by atoms with van der Waals surface area (Å²) in [7, 11) is 0. The first-order chi connectivity index (χ1) is 6.72. The van der Waals surface area contributed by atoms with Gasteiger partial charge in [-0.2, -0.15) is 0 Å². The highest BCUT2D eigenvalue weighted by atomic mass is 16.4. The van der Waals surface area contributed by atoms with Crippen LogP contribution in [-0.2, 0) is 0 Å². The molecule has 0 aliphatic carbocycles. The topological polar surface area (TPSA) is 72.2 Å². The number of aromatic nitrogens is 2. The van der Waals surface area contributed by atoms with Gasteiger partial charge in [-0.1, -0.05) is 0 Å². The Morgan fingerprint density at radius 3 is 2.93 bits per heavy atom. The molecule has 1 N–H and O–H groups in total. The SMILES string of the molecule is O=Cc1ccc2ncn(C(=O)O)c2c1. The largest absolute Gasteiger partial charge is 0.464 e. The molecule has 5 nitrogen and oxygen atoms in total. The van der Waals surface area contributed by atoms with E-state index in [2.05, 4.69) is 4.98 Å². The first-order valence-electron chi connectivity index (χ1n) is 3.88. The first-order valence-corrected chi connectivity index (χ1v) is 3.88. The molecule has 0 saturated carbocycles. The number of fused-ring (bicyclic) bond motifs is 1. The number of hydrogen-bond donors (Lipinski definition) is 1. The molecule has 2 rings (SSSR count). The van der Waals surface area contributed by atoms with E-state index in [1.807, 2.05) is 0 Å². The molecule has 5 heteroatoms. The van der Waals surface area contributed by atoms with Gasteiger partial charge in [0.1, 0.15) is 12.6 Å². The normalized spacial score (nSPS) is 10.3. The van der Waals surface area contributed by atoms with E-state index in [-0.39, 0.29) is 0 Å². The average Bonchev–Trinajstić information content (AvgIpc) is 2.59. The predicted molar refractivity (Wildman–Crippen MR) is 48.5 cm³/mol. The van der Waals surface area contributed by atoms with Crippen LogP contribution in [0.4, 0.5) is 4.79 Å². The van der Waals surface area contributed by atoms with Crippen LogP contribution in [0.1, 0.15) is 10.4 Å². The lowest BCUT2D eigenvalue weighted by Gasteiger charge is -1.95. The molecule has 14 heavy (non-hydrogen) atoms. The number of nitrogens with zero attached hydrogens (tertiary/aromatic N) is 2. The molecule has 0 aliphatic heterocycles. The Morgan fingerprint density at radius 2 is 2.29 bits per heavy atom. The van der Waals surface area contributed by atoms with Crippen LogP contribution < -0.4 is 0 Å². The zero-order valence-corrected chi connectivity index (χ0v) is 7.04. The first kappa shape index (κ1) is 8.43. The maximum atomic E-state index is 10.7. The van der Waals surface area contributed by atoms with E-state index in [1.165, 1.54) is 12.4 Å². The summed E-state index contributed by atoms with van der Waals surface area (Å²) in [6.07, 6.45) is 0.760. The minimum absolute atomic E-state index is 0.419. The Balaban J connectivity index is 2.75. The van der Waals surface area contributed by atoms with E-state index in [1.54, 1.807) is 12.1 Å². The maximum absolute atomic E-state index is 10.7. The molecule has 0 bridgehead atoms. The van der Waals surface area contributed by atoms with Gasteiger partial charge in [0.2, 0.25) is 0 Å². The Hall–Kier alpha value is -2.17. The van der Waals surface area contributed by atoms with Gasteiger partial charge in [-0.05, 0) is 18.2 Å². The average molecular weight is 190 g/mol. The fourth-order valence-corrected chi connectivity index (χ4v) is 1.25. The third-order valence-electron chi connectivity index (χ3n) is 1.91. The molecule has 0 spiro atoms. The molecule has 2 aromatic rings. The second-order valence-electron chi connectivity index (χ2n) is 2.76. The highest BCUT2D eigenvalue weighted by molar-refractivity contribution is 5.89. The van der Waals surface area contributed by atoms with Crippen LogP contribution in [-0.4, -0.2) is 27.0 Å². The van der Waals surface area contributed by atoms with Crippen LogP contribution in [0.3, 0.4) is 0 Å². The van der Waals surface area contributed by atoms with Crippen molar-refractivity contribution in [1.29, 1.82) is 0 Å². The molecular formula is C9H6N2O3. The number of carbonyl (C=O) groups excluding carboxylic acids is 1. The maximum Gasteiger partial charge on any atom is 0.417 e. The van der Waals surface area contributed by atoms with Gasteiger partial charge < -0.3 is 5.11 Å². The zero-order valence-electron chi connectivity index (χ0n) is 7.04. The van der Waals surface area contributed by atoms with Crippen LogP contribution in [0.15, 0.2) is 24.5 Å². The molecule has 0 saturated heterocycles. The van der Waals surface area contributed by atoms with Gasteiger partial charge in [0.05, 0.1) is 11.0 Å². The van der Waals surface area contributed by atoms with E-state index in [9.17, 15) is 9.59 Å². The molecule has 0 radical (unpaired) electrons. The number of carbonyl (C=O) groups is 2. The zero-order chi connectivity index (χ0) is 10.1. The van der Waals surface area contributed by atoms with Gasteiger partial charge in [0, 0.05) is 5.56 Å². The molecular weight excluding hydrogens is 184 g/mol. The van der Waals surface area contributed by atoms with E-state index in [0.29, 0.717) is 22.9 Å². The second kappa shape index (κ2) is 2.95. The van der Waals surface area contributed by atoms with Crippen molar-refractivity contribution in [2.75, 3.05) is 0 Å². The molecule has 1 aromatic heterocycles. The van der Waals surface area contributed by atoms with Gasteiger partial charge in [-0.25, -0.2) is 14.3 Å². The third kappa shape index (κ3) is 1.15. The number of benzene rings is 1. The Labute approximate surface area is 78.6 Å². The predicted octanol–water partition coefficient (Wildman–Crippen LogP) is 1.37. The van der Waals surface area contributed by atoms with Crippen molar-refractivity contribution in [3.63, 3.8) is 0 Å². The van der Waals surface area contributed by atoms with Crippen molar-refractivity contribution in [1.82, 2.24) is 9.55 Å². The molecule has 0 amide bonds. The fourth-order valence-electron chi connectivity index (χ4n) is 1.25. The van der Waals surface area contributed by atoms with E-state index in [4.69, 9.17) is 5.11 Å². The van der Waals surface area contributed by atoms with Gasteiger partial charge in [-0.3, -0.25) is 4.79 Å². The van der Waals surface area contributed by atoms with Gasteiger partial charge in [-0.15, -0.1) is 0 Å². The third-order valence-corrected chi connectivity index (χ3v) is 1.91. The summed E-state index contributed by atoms with van der Waals surface area (Å²) < 4.78 is 0.975. The van der Waals surface area contributed by atoms with E-state index in [0.717, 1.165) is 4.57 Å². The quantitative estimate of drug-likeness (QED) is 0.689. The molecule has 1 heterocycles. The summed E-state index contributed by atoms with van der Waals surface area (Å²) in [5.41, 5.74) is 1.40. The lowest BCUT2D eigenvalue weighted by molar-refractivity contribution is 0.112. The number of rotatable bonds is 1. The van der Waals surface area contributed by atoms with Crippen LogP contribution in [0.2, 0.25) is 0 Å². The Bertz CT molecular complexity index is 516. The minimum atomic E-state index is -1.12. The van der Waals surface area contributed by atoms with Crippen molar-refractivity contribution < 1.29 is 14.7 Å². The summed E-state index contributed by atoms with van der Waals surface area (Å²) in [5.74, 6) is 0. The number of hydrogen-bond acceptors (Lipinski definition) is 3. The second-order valence-corrected chi connectivity index (χ2v) is 2.76. The van der Waals surface area contributed by atoms with Crippen LogP contribution in [0.25, 0.3) is 11.0 Å². The molecule has 0 unspecified atom stereocenters. The van der Waals surface area contributed by atoms with Gasteiger partial charge in [0.15, 0.2) is 0 Å². The van der Waals surface area contributed by atoms with Crippen molar-refractivity contribution in [3.8, 4) is 0 Å². The lowest BCUT2D eigenvalue weighted by Crippen LogP contribution is -2.05. The number of carboxylic acid groups (broad SMARTS) is 1. The van der Waals surface area contributed by atoms with Gasteiger partial charge in [0.25, 0.3) is 0 Å². The standard InChI is InChI=1S/C9H6N2O3/c12-4-6-1-2-7-8(3-6)11(5-10-7)9(13)14/h1-5H,(H,13,14). The summed E-state index contributed by atoms with van der Waals surface area (Å²) in [4.78, 5) is 25.1. The molecule has 0 fully saturated rings. The summed E-state index contributed by atoms with van der Waals surface area (Å²) >= 11 is 0. The fraction of sp³-hybridized carbons (Fsp3) is 0. The van der Waals surface area contributed by atoms with Crippen LogP contribution in [0.5, 0.6) is 0 Å². The van der Waals surface area contributed by atoms with Crippen molar-refractivity contribution in [2.45, 2.75) is 0 Å². The number of imidazole rings is 1. The van der Waals surface area contributed by atoms with E-state index < -0.39 is 6.09 Å². The van der Waals surface area contributed by atoms with Crippen molar-refractivity contribution in [2.24, 2.45) is 0 Å². The highest BCUT2D eigenvalue weighted by Crippen LogP contribution is 2.13. The number of aldehydes is 1. The smallest absolute Gasteiger partial charge is 0.417 e. The summed E-state index contributed by atoms with van der Waals surface area (Å²) in [5, 5.41) is 8.77. The van der Waals surface area contributed by atoms with Crippen LogP contribution in [0, 0.1) is 0 Å². The van der Waals surface area contributed by atoms with Crippen LogP contribution >= 0.6 is 0 Å². The lowest BCUT2D eigenvalue weighted by atomic mass is 10.2. The molecule has 0 atom stereocenters. The van der Waals surface area contributed by atoms with Crippen molar-refractivity contribution >= 4 is 23.4 Å². The Kier molecular flexibility index (Phi) is 1.78.